The number of hydrogen-bond acceptors (Lipinski definition) is 19. The van der Waals surface area contributed by atoms with Crippen LogP contribution in [-0.2, 0) is 50.8 Å². The number of imidazole rings is 1. The third kappa shape index (κ3) is 8.32. The van der Waals surface area contributed by atoms with Crippen LogP contribution in [0.15, 0.2) is 67.3 Å². The maximum absolute atomic E-state index is 13.2. The van der Waals surface area contributed by atoms with Crippen molar-refractivity contribution in [1.29, 1.82) is 0 Å². The third-order valence-corrected chi connectivity index (χ3v) is 15.1. The minimum absolute atomic E-state index is 0.0282. The Labute approximate surface area is 340 Å². The molecule has 8 rings (SSSR count). The van der Waals surface area contributed by atoms with Gasteiger partial charge in [-0.15, -0.1) is 0 Å². The number of nitrogens with zero attached hydrogens (tertiary/aromatic N) is 4. The van der Waals surface area contributed by atoms with E-state index in [1.54, 1.807) is 4.57 Å². The minimum Gasteiger partial charge on any atom is -0.497 e. The predicted octanol–water partition coefficient (Wildman–Crippen LogP) is 4.91. The van der Waals surface area contributed by atoms with Crippen LogP contribution in [0.5, 0.6) is 23.0 Å². The molecule has 322 valence electrons. The number of aromatic nitrogens is 4. The van der Waals surface area contributed by atoms with Gasteiger partial charge in [0.1, 0.15) is 41.1 Å². The molecule has 0 bridgehead atoms. The summed E-state index contributed by atoms with van der Waals surface area (Å²) in [7, 11) is -22.3. The van der Waals surface area contributed by atoms with Gasteiger partial charge in [0.2, 0.25) is 0 Å². The highest BCUT2D eigenvalue weighted by atomic mass is 31.3. The number of nitrogens with two attached hydrogens (primary N) is 1. The van der Waals surface area contributed by atoms with E-state index in [0.29, 0.717) is 17.6 Å². The van der Waals surface area contributed by atoms with E-state index in [1.165, 1.54) is 62.2 Å². The van der Waals surface area contributed by atoms with Gasteiger partial charge < -0.3 is 49.0 Å². The van der Waals surface area contributed by atoms with Crippen LogP contribution in [0.4, 0.5) is 5.82 Å². The van der Waals surface area contributed by atoms with Gasteiger partial charge in [-0.2, -0.15) is 12.9 Å². The average molecular weight is 927 g/mol. The molecular weight excluding hydrogens is 898 g/mol. The van der Waals surface area contributed by atoms with E-state index in [2.05, 4.69) is 27.9 Å². The summed E-state index contributed by atoms with van der Waals surface area (Å²) in [5.41, 5.74) is 4.93. The molecule has 5 heterocycles. The van der Waals surface area contributed by atoms with Crippen molar-refractivity contribution in [1.82, 2.24) is 19.5 Å². The van der Waals surface area contributed by atoms with Crippen molar-refractivity contribution in [3.63, 3.8) is 0 Å². The first-order valence-electron chi connectivity index (χ1n) is 17.2. The number of phosphoric ester groups is 2. The Morgan fingerprint density at radius 3 is 2.20 bits per heavy atom. The minimum atomic E-state index is -6.18. The number of rotatable bonds is 14. The largest absolute Gasteiger partial charge is 0.536 e. The number of carbonyl (C=O) groups is 2. The highest BCUT2D eigenvalue weighted by molar-refractivity contribution is 7.69. The average Bonchev–Trinajstić information content (AvgIpc) is 3.89. The topological polar surface area (TPSA) is 356 Å². The second-order valence-electron chi connectivity index (χ2n) is 13.1. The van der Waals surface area contributed by atoms with E-state index in [-0.39, 0.29) is 57.3 Å². The molecule has 1 fully saturated rings. The third-order valence-electron chi connectivity index (χ3n) is 9.28. The van der Waals surface area contributed by atoms with Crippen molar-refractivity contribution in [2.75, 3.05) is 19.5 Å². The zero-order valence-electron chi connectivity index (χ0n) is 30.6. The van der Waals surface area contributed by atoms with Gasteiger partial charge in [0.25, 0.3) is 0 Å². The lowest BCUT2D eigenvalue weighted by atomic mass is 9.77. The molecule has 0 radical (unpaired) electrons. The lowest BCUT2D eigenvalue weighted by molar-refractivity contribution is -0.0205. The monoisotopic (exact) mass is 927 g/mol. The molecule has 2 aromatic heterocycles. The number of aromatic carboxylic acids is 1. The van der Waals surface area contributed by atoms with Crippen LogP contribution in [-0.4, -0.2) is 76.0 Å². The SMILES string of the molecule is COc1ccc2c(c1)Oc1cc(OP(=O)(O)OP(=O)(O)OP(=O)(O)OP(=O)(O)OC[C@@H]3CC[C@H](n4cnc5c(N)ncnc54)O3)ccc1C21OC(=O)c2ccc(C(=O)O)cc21. The first kappa shape index (κ1) is 42.6. The van der Waals surface area contributed by atoms with E-state index in [4.69, 9.17) is 33.7 Å². The fraction of sp³-hybridized carbons (Fsp3) is 0.219. The van der Waals surface area contributed by atoms with Crippen molar-refractivity contribution in [2.45, 2.75) is 30.8 Å². The molecule has 3 aromatic carbocycles. The number of hydrogen-bond donors (Lipinski definition) is 6. The van der Waals surface area contributed by atoms with Crippen LogP contribution in [0.3, 0.4) is 0 Å². The summed E-state index contributed by atoms with van der Waals surface area (Å²) in [6, 6.07) is 11.5. The molecule has 29 heteroatoms. The van der Waals surface area contributed by atoms with Crippen molar-refractivity contribution >= 4 is 60.2 Å². The summed E-state index contributed by atoms with van der Waals surface area (Å²) in [6.45, 7) is -0.690. The number of fused-ring (bicyclic) bond motifs is 7. The van der Waals surface area contributed by atoms with Crippen LogP contribution in [0.2, 0.25) is 0 Å². The Morgan fingerprint density at radius 1 is 0.852 bits per heavy atom. The van der Waals surface area contributed by atoms with Gasteiger partial charge >= 0.3 is 43.2 Å². The Hall–Kier alpha value is -5.09. The molecule has 0 amide bonds. The number of carbonyl (C=O) groups excluding carboxylic acids is 1. The molecule has 7 atom stereocenters. The molecule has 0 saturated carbocycles. The summed E-state index contributed by atoms with van der Waals surface area (Å²) in [5, 5.41) is 9.72. The van der Waals surface area contributed by atoms with Gasteiger partial charge in [-0.1, -0.05) is 0 Å². The van der Waals surface area contributed by atoms with E-state index in [1.807, 2.05) is 0 Å². The Bertz CT molecular complexity index is 2840. The number of ether oxygens (including phenoxy) is 4. The molecule has 7 N–H and O–H groups in total. The van der Waals surface area contributed by atoms with Gasteiger partial charge in [0, 0.05) is 28.8 Å². The normalized spacial score (nSPS) is 23.0. The first-order valence-corrected chi connectivity index (χ1v) is 23.2. The number of methoxy groups -OCH3 is 1. The lowest BCUT2D eigenvalue weighted by Gasteiger charge is -2.36. The molecule has 61 heavy (non-hydrogen) atoms. The van der Waals surface area contributed by atoms with Crippen LogP contribution in [0.25, 0.3) is 11.2 Å². The highest BCUT2D eigenvalue weighted by Crippen LogP contribution is 2.71. The summed E-state index contributed by atoms with van der Waals surface area (Å²) in [5.74, 6) is -2.46. The van der Waals surface area contributed by atoms with Gasteiger partial charge in [-0.25, -0.2) is 42.8 Å². The van der Waals surface area contributed by atoms with Crippen molar-refractivity contribution in [2.24, 2.45) is 0 Å². The molecule has 3 aliphatic heterocycles. The van der Waals surface area contributed by atoms with Gasteiger partial charge in [-0.05, 0) is 55.3 Å². The molecule has 3 aliphatic rings. The zero-order valence-corrected chi connectivity index (χ0v) is 34.2. The van der Waals surface area contributed by atoms with E-state index < -0.39 is 73.5 Å². The second kappa shape index (κ2) is 15.4. The zero-order chi connectivity index (χ0) is 43.7. The molecule has 25 nitrogen and oxygen atoms in total. The number of nitrogen functional groups attached to an aromatic ring is 1. The van der Waals surface area contributed by atoms with Gasteiger partial charge in [0.15, 0.2) is 17.1 Å². The maximum Gasteiger partial charge on any atom is 0.536 e. The number of benzene rings is 3. The highest BCUT2D eigenvalue weighted by Gasteiger charge is 2.54. The quantitative estimate of drug-likeness (QED) is 0.0636. The summed E-state index contributed by atoms with van der Waals surface area (Å²) in [4.78, 5) is 78.0. The first-order chi connectivity index (χ1) is 28.7. The van der Waals surface area contributed by atoms with Crippen molar-refractivity contribution in [3.05, 3.63) is 95.1 Å². The second-order valence-corrected chi connectivity index (χ2v) is 19.3. The Kier molecular flexibility index (Phi) is 10.7. The van der Waals surface area contributed by atoms with E-state index in [9.17, 15) is 52.5 Å². The van der Waals surface area contributed by atoms with Crippen LogP contribution in [0.1, 0.15) is 56.5 Å². The maximum atomic E-state index is 13.2. The number of carboxylic acid groups (broad SMARTS) is 1. The number of carboxylic acids is 1. The molecular formula is C32H29N5O20P4. The standard InChI is InChI=1S/C32H29N5O20P4/c1-49-17-3-7-21-24(11-17)52-25-12-18(4-8-22(25)32(21)23-10-16(30(38)39)2-6-20(23)31(40)53-32)54-59(43,44)56-61(47,48)57-60(45,46)55-58(41,42)50-13-19-5-9-26(51-19)37-15-36-27-28(33)34-14-35-29(27)37/h2-4,6-8,10-12,14-15,19,26H,5,9,13H2,1H3,(H,38,39)(H,41,42)(H,43,44)(H,45,46)(H,47,48)(H2,33,34,35)/t19-,26+,32?/m0/s1. The smallest absolute Gasteiger partial charge is 0.497 e. The van der Waals surface area contributed by atoms with Crippen molar-refractivity contribution in [3.8, 4) is 23.0 Å². The number of phosphoric acid groups is 4. The van der Waals surface area contributed by atoms with Gasteiger partial charge in [0.05, 0.1) is 37.3 Å². The number of esters is 1. The van der Waals surface area contributed by atoms with Crippen LogP contribution >= 0.6 is 31.3 Å². The van der Waals surface area contributed by atoms with Crippen LogP contribution in [0, 0.1) is 0 Å². The molecule has 5 aromatic rings. The Balaban J connectivity index is 0.942. The van der Waals surface area contributed by atoms with E-state index >= 15 is 0 Å². The summed E-state index contributed by atoms with van der Waals surface area (Å²) in [6.07, 6.45) is 1.67. The molecule has 5 unspecified atom stereocenters. The molecule has 1 spiro atoms. The molecule has 0 aliphatic carbocycles. The lowest BCUT2D eigenvalue weighted by Crippen LogP contribution is -2.33. The fourth-order valence-electron chi connectivity index (χ4n) is 6.87. The predicted molar refractivity (Wildman–Crippen MR) is 200 cm³/mol. The van der Waals surface area contributed by atoms with Crippen molar-refractivity contribution < 1.29 is 93.5 Å². The summed E-state index contributed by atoms with van der Waals surface area (Å²) < 4.78 is 97.2. The summed E-state index contributed by atoms with van der Waals surface area (Å²) >= 11 is 0. The number of anilines is 1. The molecule has 1 saturated heterocycles. The van der Waals surface area contributed by atoms with E-state index in [0.717, 1.165) is 12.1 Å². The fourth-order valence-corrected chi connectivity index (χ4v) is 11.8. The Morgan fingerprint density at radius 2 is 1.51 bits per heavy atom. The van der Waals surface area contributed by atoms with Crippen LogP contribution < -0.4 is 19.7 Å². The van der Waals surface area contributed by atoms with Gasteiger partial charge in [-0.3, -0.25) is 14.0 Å².